The second kappa shape index (κ2) is 6.95. The van der Waals surface area contributed by atoms with Gasteiger partial charge in [-0.25, -0.2) is 14.8 Å². The minimum Gasteiger partial charge on any atom is -0.335 e. The third-order valence-corrected chi connectivity index (χ3v) is 4.54. The fourth-order valence-corrected chi connectivity index (χ4v) is 3.26. The Labute approximate surface area is 151 Å². The second-order valence-electron chi connectivity index (χ2n) is 6.48. The van der Waals surface area contributed by atoms with E-state index < -0.39 is 0 Å². The molecular formula is C19H20N6O. The predicted octanol–water partition coefficient (Wildman–Crippen LogP) is 2.85. The number of nitrogens with zero attached hydrogens (tertiary/aromatic N) is 3. The van der Waals surface area contributed by atoms with Crippen LogP contribution in [-0.4, -0.2) is 32.2 Å². The third kappa shape index (κ3) is 3.56. The molecule has 0 spiro atoms. The highest BCUT2D eigenvalue weighted by atomic mass is 16.2. The summed E-state index contributed by atoms with van der Waals surface area (Å²) in [6.45, 7) is 1.90. The van der Waals surface area contributed by atoms with Crippen molar-refractivity contribution in [3.63, 3.8) is 0 Å². The van der Waals surface area contributed by atoms with Gasteiger partial charge in [0.1, 0.15) is 5.82 Å². The Morgan fingerprint density at radius 2 is 2.23 bits per heavy atom. The van der Waals surface area contributed by atoms with Crippen LogP contribution in [0.5, 0.6) is 0 Å². The summed E-state index contributed by atoms with van der Waals surface area (Å²) in [5, 5.41) is 12.8. The van der Waals surface area contributed by atoms with Crippen molar-refractivity contribution in [1.29, 1.82) is 0 Å². The number of anilines is 1. The summed E-state index contributed by atoms with van der Waals surface area (Å²) in [6, 6.07) is 9.44. The van der Waals surface area contributed by atoms with Crippen LogP contribution in [0.4, 0.5) is 10.5 Å². The molecule has 0 radical (unpaired) electrons. The molecule has 1 aliphatic carbocycles. The molecule has 1 unspecified atom stereocenters. The van der Waals surface area contributed by atoms with Crippen molar-refractivity contribution in [1.82, 2.24) is 25.5 Å². The number of hydrogen-bond acceptors (Lipinski definition) is 4. The first kappa shape index (κ1) is 16.3. The minimum atomic E-state index is -0.201. The number of benzene rings is 1. The van der Waals surface area contributed by atoms with E-state index in [2.05, 4.69) is 30.8 Å². The van der Waals surface area contributed by atoms with Crippen LogP contribution in [0.2, 0.25) is 0 Å². The summed E-state index contributed by atoms with van der Waals surface area (Å²) in [4.78, 5) is 21.1. The molecule has 132 valence electrons. The van der Waals surface area contributed by atoms with Gasteiger partial charge in [-0.1, -0.05) is 12.1 Å². The Morgan fingerprint density at radius 1 is 1.31 bits per heavy atom. The van der Waals surface area contributed by atoms with Gasteiger partial charge < -0.3 is 10.6 Å². The normalized spacial score (nSPS) is 16.0. The third-order valence-electron chi connectivity index (χ3n) is 4.54. The molecule has 0 saturated carbocycles. The SMILES string of the molecule is Cc1ncc2c(n1)CCC(NC(=O)Nc1cccc(-c3ccn[nH]3)c1)C2. The number of carbonyl (C=O) groups excluding carboxylic acids is 1. The van der Waals surface area contributed by atoms with Crippen LogP contribution in [0.25, 0.3) is 11.3 Å². The highest BCUT2D eigenvalue weighted by molar-refractivity contribution is 5.90. The van der Waals surface area contributed by atoms with Gasteiger partial charge in [0, 0.05) is 35.4 Å². The fraction of sp³-hybridized carbons (Fsp3) is 0.263. The highest BCUT2D eigenvalue weighted by Gasteiger charge is 2.21. The number of H-pyrrole nitrogens is 1. The molecule has 3 N–H and O–H groups in total. The number of aryl methyl sites for hydroxylation is 2. The lowest BCUT2D eigenvalue weighted by Crippen LogP contribution is -2.41. The molecule has 2 aromatic heterocycles. The van der Waals surface area contributed by atoms with Crippen molar-refractivity contribution in [3.05, 3.63) is 59.8 Å². The summed E-state index contributed by atoms with van der Waals surface area (Å²) < 4.78 is 0. The molecule has 2 heterocycles. The van der Waals surface area contributed by atoms with Gasteiger partial charge in [0.15, 0.2) is 0 Å². The smallest absolute Gasteiger partial charge is 0.319 e. The summed E-state index contributed by atoms with van der Waals surface area (Å²) in [7, 11) is 0. The first-order valence-corrected chi connectivity index (χ1v) is 8.66. The lowest BCUT2D eigenvalue weighted by atomic mass is 9.93. The van der Waals surface area contributed by atoms with Crippen molar-refractivity contribution in [2.24, 2.45) is 0 Å². The fourth-order valence-electron chi connectivity index (χ4n) is 3.26. The molecule has 0 saturated heterocycles. The molecule has 26 heavy (non-hydrogen) atoms. The maximum atomic E-state index is 12.4. The number of aromatic nitrogens is 4. The molecule has 0 fully saturated rings. The number of fused-ring (bicyclic) bond motifs is 1. The summed E-state index contributed by atoms with van der Waals surface area (Å²) in [6.07, 6.45) is 6.08. The van der Waals surface area contributed by atoms with E-state index in [1.807, 2.05) is 43.5 Å². The van der Waals surface area contributed by atoms with Crippen LogP contribution in [-0.2, 0) is 12.8 Å². The molecular weight excluding hydrogens is 328 g/mol. The van der Waals surface area contributed by atoms with Crippen LogP contribution in [0.15, 0.2) is 42.7 Å². The highest BCUT2D eigenvalue weighted by Crippen LogP contribution is 2.21. The molecule has 7 heteroatoms. The van der Waals surface area contributed by atoms with E-state index in [1.165, 1.54) is 0 Å². The summed E-state index contributed by atoms with van der Waals surface area (Å²) in [5.74, 6) is 0.796. The van der Waals surface area contributed by atoms with E-state index in [0.29, 0.717) is 0 Å². The van der Waals surface area contributed by atoms with Crippen LogP contribution >= 0.6 is 0 Å². The first-order valence-electron chi connectivity index (χ1n) is 8.66. The molecule has 0 bridgehead atoms. The van der Waals surface area contributed by atoms with E-state index in [9.17, 15) is 4.79 Å². The number of aromatic amines is 1. The van der Waals surface area contributed by atoms with E-state index in [-0.39, 0.29) is 12.1 Å². The zero-order valence-corrected chi connectivity index (χ0v) is 14.5. The summed E-state index contributed by atoms with van der Waals surface area (Å²) in [5.41, 5.74) is 4.84. The Hall–Kier alpha value is -3.22. The van der Waals surface area contributed by atoms with E-state index >= 15 is 0 Å². The Kier molecular flexibility index (Phi) is 4.35. The molecule has 2 amide bonds. The van der Waals surface area contributed by atoms with Gasteiger partial charge in [0.2, 0.25) is 0 Å². The van der Waals surface area contributed by atoms with Gasteiger partial charge in [-0.05, 0) is 49.9 Å². The minimum absolute atomic E-state index is 0.0876. The maximum absolute atomic E-state index is 12.4. The molecule has 1 aliphatic rings. The Balaban J connectivity index is 1.39. The van der Waals surface area contributed by atoms with Gasteiger partial charge in [0.25, 0.3) is 0 Å². The van der Waals surface area contributed by atoms with Gasteiger partial charge in [-0.15, -0.1) is 0 Å². The Bertz CT molecular complexity index is 922. The van der Waals surface area contributed by atoms with Crippen molar-refractivity contribution in [2.75, 3.05) is 5.32 Å². The quantitative estimate of drug-likeness (QED) is 0.678. The molecule has 1 aromatic carbocycles. The molecule has 0 aliphatic heterocycles. The van der Waals surface area contributed by atoms with Crippen molar-refractivity contribution in [3.8, 4) is 11.3 Å². The molecule has 4 rings (SSSR count). The van der Waals surface area contributed by atoms with E-state index in [1.54, 1.807) is 6.20 Å². The Morgan fingerprint density at radius 3 is 3.08 bits per heavy atom. The number of amides is 2. The van der Waals surface area contributed by atoms with E-state index in [4.69, 9.17) is 0 Å². The van der Waals surface area contributed by atoms with E-state index in [0.717, 1.165) is 53.3 Å². The average molecular weight is 348 g/mol. The van der Waals surface area contributed by atoms with Crippen molar-refractivity contribution in [2.45, 2.75) is 32.2 Å². The van der Waals surface area contributed by atoms with Crippen molar-refractivity contribution < 1.29 is 4.79 Å². The van der Waals surface area contributed by atoms with Gasteiger partial charge >= 0.3 is 6.03 Å². The largest absolute Gasteiger partial charge is 0.335 e. The second-order valence-corrected chi connectivity index (χ2v) is 6.48. The average Bonchev–Trinajstić information content (AvgIpc) is 3.17. The number of hydrogen-bond donors (Lipinski definition) is 3. The van der Waals surface area contributed by atoms with Crippen LogP contribution in [0.3, 0.4) is 0 Å². The molecule has 7 nitrogen and oxygen atoms in total. The van der Waals surface area contributed by atoms with Crippen LogP contribution in [0, 0.1) is 6.92 Å². The van der Waals surface area contributed by atoms with Gasteiger partial charge in [0.05, 0.1) is 5.69 Å². The number of rotatable bonds is 3. The topological polar surface area (TPSA) is 95.6 Å². The standard InChI is InChI=1S/C19H20N6O/c1-12-20-11-14-10-16(5-6-17(14)22-12)24-19(26)23-15-4-2-3-13(9-15)18-7-8-21-25-18/h2-4,7-9,11,16H,5-6,10H2,1H3,(H,21,25)(H2,23,24,26). The van der Waals surface area contributed by atoms with Crippen LogP contribution in [0.1, 0.15) is 23.5 Å². The lowest BCUT2D eigenvalue weighted by molar-refractivity contribution is 0.247. The number of urea groups is 1. The van der Waals surface area contributed by atoms with Gasteiger partial charge in [-0.2, -0.15) is 5.10 Å². The predicted molar refractivity (Wildman–Crippen MR) is 98.8 cm³/mol. The van der Waals surface area contributed by atoms with Gasteiger partial charge in [-0.3, -0.25) is 5.10 Å². The zero-order valence-electron chi connectivity index (χ0n) is 14.5. The number of nitrogens with one attached hydrogen (secondary N) is 3. The van der Waals surface area contributed by atoms with Crippen LogP contribution < -0.4 is 10.6 Å². The lowest BCUT2D eigenvalue weighted by Gasteiger charge is -2.24. The zero-order chi connectivity index (χ0) is 17.9. The first-order chi connectivity index (χ1) is 12.7. The summed E-state index contributed by atoms with van der Waals surface area (Å²) >= 11 is 0. The number of carbonyl (C=O) groups is 1. The monoisotopic (exact) mass is 348 g/mol. The molecule has 3 aromatic rings. The maximum Gasteiger partial charge on any atom is 0.319 e. The molecule has 1 atom stereocenters. The van der Waals surface area contributed by atoms with Crippen molar-refractivity contribution >= 4 is 11.7 Å².